The van der Waals surface area contributed by atoms with E-state index in [4.69, 9.17) is 0 Å². The van der Waals surface area contributed by atoms with Gasteiger partial charge >= 0.3 is 0 Å². The smallest absolute Gasteiger partial charge is 0.0497 e. The normalized spacial score (nSPS) is 12.5. The van der Waals surface area contributed by atoms with Gasteiger partial charge in [-0.1, -0.05) is 0 Å². The van der Waals surface area contributed by atoms with Crippen LogP contribution < -0.4 is 14.9 Å². The highest BCUT2D eigenvalue weighted by Crippen LogP contribution is 2.07. The predicted octanol–water partition coefficient (Wildman–Crippen LogP) is -0.400. The third kappa shape index (κ3) is 5.01. The molecule has 0 heterocycles. The van der Waals surface area contributed by atoms with Gasteiger partial charge in [0.2, 0.25) is 0 Å². The van der Waals surface area contributed by atoms with Gasteiger partial charge in [-0.2, -0.15) is 0 Å². The van der Waals surface area contributed by atoms with Crippen LogP contribution in [0.15, 0.2) is 0 Å². The first-order valence-corrected chi connectivity index (χ1v) is 5.26. The molecule has 12 heavy (non-hydrogen) atoms. The Hall–Kier alpha value is 0.270. The van der Waals surface area contributed by atoms with Crippen LogP contribution in [0.25, 0.3) is 0 Å². The van der Waals surface area contributed by atoms with Crippen LogP contribution in [0, 0.1) is 0 Å². The van der Waals surface area contributed by atoms with Crippen molar-refractivity contribution in [3.05, 3.63) is 0 Å². The predicted molar refractivity (Wildman–Crippen MR) is 47.0 cm³/mol. The molecule has 5 heteroatoms. The van der Waals surface area contributed by atoms with Gasteiger partial charge in [0.15, 0.2) is 0 Å². The van der Waals surface area contributed by atoms with E-state index in [-0.39, 0.29) is 0 Å². The Labute approximate surface area is 75.6 Å². The van der Waals surface area contributed by atoms with Crippen molar-refractivity contribution in [3.63, 3.8) is 0 Å². The molecular formula is C7H17N2O2P-2. The van der Waals surface area contributed by atoms with Gasteiger partial charge in [-0.3, -0.25) is 4.90 Å². The largest absolute Gasteiger partial charge is 0.830 e. The zero-order valence-electron chi connectivity index (χ0n) is 8.07. The average molecular weight is 192 g/mol. The second-order valence-corrected chi connectivity index (χ2v) is 4.11. The summed E-state index contributed by atoms with van der Waals surface area (Å²) in [6.45, 7) is 8.56. The fourth-order valence-corrected chi connectivity index (χ4v) is 1.38. The Bertz CT molecular complexity index is 112. The number of hydrogen-bond acceptors (Lipinski definition) is 4. The Morgan fingerprint density at radius 3 is 1.83 bits per heavy atom. The lowest BCUT2D eigenvalue weighted by Crippen LogP contribution is -2.43. The van der Waals surface area contributed by atoms with E-state index >= 15 is 0 Å². The van der Waals surface area contributed by atoms with E-state index in [1.54, 1.807) is 0 Å². The fourth-order valence-electron chi connectivity index (χ4n) is 1.10. The number of rotatable bonds is 5. The Balaban J connectivity index is 3.80. The third-order valence-electron chi connectivity index (χ3n) is 1.71. The van der Waals surface area contributed by atoms with Gasteiger partial charge in [0.25, 0.3) is 0 Å². The molecule has 0 aliphatic heterocycles. The molecule has 74 valence electrons. The molecule has 0 atom stereocenters. The third-order valence-corrected chi connectivity index (χ3v) is 2.11. The van der Waals surface area contributed by atoms with E-state index in [9.17, 15) is 9.79 Å². The summed E-state index contributed by atoms with van der Waals surface area (Å²) in [6.07, 6.45) is 0. The zero-order chi connectivity index (χ0) is 9.72. The fraction of sp³-hybridized carbons (Fsp3) is 1.00. The Morgan fingerprint density at radius 2 is 1.58 bits per heavy atom. The lowest BCUT2D eigenvalue weighted by Gasteiger charge is -2.37. The van der Waals surface area contributed by atoms with E-state index in [0.717, 1.165) is 0 Å². The van der Waals surface area contributed by atoms with Crippen LogP contribution in [-0.4, -0.2) is 23.7 Å². The average Bonchev–Trinajstić information content (AvgIpc) is 1.84. The minimum absolute atomic E-state index is 0.354. The highest BCUT2D eigenvalue weighted by atomic mass is 31.2. The van der Waals surface area contributed by atoms with Crippen molar-refractivity contribution in [2.75, 3.05) is 6.67 Å². The van der Waals surface area contributed by atoms with E-state index in [2.05, 4.69) is 9.99 Å². The molecule has 0 saturated heterocycles. The molecule has 4 nitrogen and oxygen atoms in total. The molecule has 1 N–H and O–H groups in total. The maximum atomic E-state index is 10.2. The van der Waals surface area contributed by atoms with Gasteiger partial charge < -0.3 is 14.9 Å². The molecule has 0 spiro atoms. The van der Waals surface area contributed by atoms with Gasteiger partial charge in [0.05, 0.1) is 0 Å². The molecule has 0 aromatic carbocycles. The SMILES string of the molecule is CC(C)N(CNP([O-])[O-])C(C)C. The summed E-state index contributed by atoms with van der Waals surface area (Å²) in [5.74, 6) is 0. The van der Waals surface area contributed by atoms with Crippen LogP contribution in [0.3, 0.4) is 0 Å². The Kier molecular flexibility index (Phi) is 5.97. The second kappa shape index (κ2) is 5.84. The summed E-state index contributed by atoms with van der Waals surface area (Å²) >= 11 is 0. The molecule has 0 aromatic rings. The number of hydrogen-bond donors (Lipinski definition) is 1. The highest BCUT2D eigenvalue weighted by molar-refractivity contribution is 7.39. The van der Waals surface area contributed by atoms with Crippen LogP contribution in [0.4, 0.5) is 0 Å². The van der Waals surface area contributed by atoms with Gasteiger partial charge in [-0.05, 0) is 27.7 Å². The summed E-state index contributed by atoms with van der Waals surface area (Å²) in [4.78, 5) is 22.6. The van der Waals surface area contributed by atoms with E-state index in [1.807, 2.05) is 27.7 Å². The lowest BCUT2D eigenvalue weighted by molar-refractivity contribution is -0.296. The first-order chi connectivity index (χ1) is 5.45. The topological polar surface area (TPSA) is 61.4 Å². The number of nitrogens with one attached hydrogen (secondary N) is 1. The van der Waals surface area contributed by atoms with Crippen molar-refractivity contribution < 1.29 is 9.79 Å². The monoisotopic (exact) mass is 192 g/mol. The van der Waals surface area contributed by atoms with Gasteiger partial charge in [0.1, 0.15) is 0 Å². The molecule has 0 aliphatic carbocycles. The molecule has 0 amide bonds. The van der Waals surface area contributed by atoms with Crippen LogP contribution in [0.1, 0.15) is 27.7 Å². The second-order valence-electron chi connectivity index (χ2n) is 3.28. The summed E-state index contributed by atoms with van der Waals surface area (Å²) in [6, 6.07) is 0.708. The molecule has 0 aliphatic rings. The van der Waals surface area contributed by atoms with Crippen LogP contribution >= 0.6 is 8.53 Å². The molecular weight excluding hydrogens is 175 g/mol. The van der Waals surface area contributed by atoms with Crippen molar-refractivity contribution in [1.29, 1.82) is 0 Å². The molecule has 0 rings (SSSR count). The zero-order valence-corrected chi connectivity index (χ0v) is 8.97. The standard InChI is InChI=1S/C7H17N2O2P/c1-6(2)9(7(3)4)5-8-12(10)11/h6-8H,5H2,1-4H3/q-2. The molecule has 0 aromatic heterocycles. The van der Waals surface area contributed by atoms with Gasteiger partial charge in [0, 0.05) is 18.8 Å². The molecule has 0 radical (unpaired) electrons. The first kappa shape index (κ1) is 12.3. The summed E-state index contributed by atoms with van der Waals surface area (Å²) in [5.41, 5.74) is 0. The Morgan fingerprint density at radius 1 is 1.17 bits per heavy atom. The molecule has 0 bridgehead atoms. The quantitative estimate of drug-likeness (QED) is 0.475. The van der Waals surface area contributed by atoms with Crippen molar-refractivity contribution >= 4 is 8.53 Å². The van der Waals surface area contributed by atoms with E-state index in [0.29, 0.717) is 18.8 Å². The van der Waals surface area contributed by atoms with Crippen LogP contribution in [-0.2, 0) is 0 Å². The first-order valence-electron chi connectivity index (χ1n) is 4.08. The molecule has 0 unspecified atom stereocenters. The summed E-state index contributed by atoms with van der Waals surface area (Å²) in [7, 11) is -2.47. The minimum atomic E-state index is -2.47. The lowest BCUT2D eigenvalue weighted by atomic mass is 10.2. The minimum Gasteiger partial charge on any atom is -0.830 e. The maximum absolute atomic E-state index is 10.2. The highest BCUT2D eigenvalue weighted by Gasteiger charge is 2.11. The van der Waals surface area contributed by atoms with Crippen molar-refractivity contribution in [1.82, 2.24) is 9.99 Å². The van der Waals surface area contributed by atoms with Crippen molar-refractivity contribution in [2.24, 2.45) is 0 Å². The molecule has 0 saturated carbocycles. The van der Waals surface area contributed by atoms with Crippen LogP contribution in [0.5, 0.6) is 0 Å². The number of nitrogens with zero attached hydrogens (tertiary/aromatic N) is 1. The van der Waals surface area contributed by atoms with Crippen molar-refractivity contribution in [3.8, 4) is 0 Å². The van der Waals surface area contributed by atoms with Crippen molar-refractivity contribution in [2.45, 2.75) is 39.8 Å². The molecule has 0 fully saturated rings. The van der Waals surface area contributed by atoms with Gasteiger partial charge in [-0.15, -0.1) is 0 Å². The van der Waals surface area contributed by atoms with E-state index < -0.39 is 8.53 Å². The maximum Gasteiger partial charge on any atom is 0.0497 e. The van der Waals surface area contributed by atoms with Gasteiger partial charge in [-0.25, -0.2) is 8.53 Å². The van der Waals surface area contributed by atoms with Crippen LogP contribution in [0.2, 0.25) is 0 Å². The summed E-state index contributed by atoms with van der Waals surface area (Å²) in [5, 5.41) is 2.39. The summed E-state index contributed by atoms with van der Waals surface area (Å²) < 4.78 is 0. The van der Waals surface area contributed by atoms with E-state index in [1.165, 1.54) is 0 Å².